The van der Waals surface area contributed by atoms with Gasteiger partial charge in [-0.05, 0) is 36.4 Å². The zero-order chi connectivity index (χ0) is 28.4. The van der Waals surface area contributed by atoms with Crippen LogP contribution in [0.5, 0.6) is 0 Å². The number of fused-ring (bicyclic) bond motifs is 1. The van der Waals surface area contributed by atoms with E-state index in [1.165, 1.54) is 27.1 Å². The maximum atomic E-state index is 12.1. The van der Waals surface area contributed by atoms with Crippen LogP contribution >= 0.6 is 11.6 Å². The smallest absolute Gasteiger partial charge is 0.303 e. The number of benzene rings is 1. The minimum atomic E-state index is -1.08. The van der Waals surface area contributed by atoms with E-state index in [0.29, 0.717) is 17.0 Å². The molecule has 1 aromatic carbocycles. The van der Waals surface area contributed by atoms with Crippen LogP contribution in [0.3, 0.4) is 0 Å². The van der Waals surface area contributed by atoms with E-state index in [4.69, 9.17) is 30.5 Å². The maximum absolute atomic E-state index is 12.1. The predicted octanol–water partition coefficient (Wildman–Crippen LogP) is 3.54. The first-order valence-electron chi connectivity index (χ1n) is 13.1. The molecule has 0 N–H and O–H groups in total. The zero-order valence-corrected chi connectivity index (χ0v) is 23.1. The molecule has 5 rings (SSSR count). The minimum Gasteiger partial charge on any atom is -0.463 e. The summed E-state index contributed by atoms with van der Waals surface area (Å²) in [6.07, 6.45) is 0.442. The highest BCUT2D eigenvalue weighted by atomic mass is 35.5. The first-order valence-corrected chi connectivity index (χ1v) is 13.5. The van der Waals surface area contributed by atoms with Gasteiger partial charge in [-0.1, -0.05) is 30.3 Å². The van der Waals surface area contributed by atoms with Gasteiger partial charge in [-0.3, -0.25) is 19.0 Å². The standard InChI is InChI=1S/C27H30ClN5O7/c1-15(34)37-13-20-22(38-16(2)35)23(39-17(3)36)26(40-20)33-14-29-21-24(30-27(28)31-25(21)33)32-12-8-7-11-19(32)18-9-5-4-6-10-18/h4-6,9-10,14,19-20,22-23,26H,7-8,11-13H2,1-3H3/t19?,20-,22-,23-,26-/m1/s1. The summed E-state index contributed by atoms with van der Waals surface area (Å²) >= 11 is 6.46. The summed E-state index contributed by atoms with van der Waals surface area (Å²) in [5, 5.41) is 0.0108. The number of hydrogen-bond donors (Lipinski definition) is 0. The third-order valence-corrected chi connectivity index (χ3v) is 7.12. The Hall–Kier alpha value is -3.77. The number of carbonyl (C=O) groups excluding carboxylic acids is 3. The molecular formula is C27H30ClN5O7. The Kier molecular flexibility index (Phi) is 8.17. The molecule has 2 aromatic heterocycles. The highest BCUT2D eigenvalue weighted by Gasteiger charge is 2.51. The third-order valence-electron chi connectivity index (χ3n) is 6.95. The molecule has 12 nitrogen and oxygen atoms in total. The summed E-state index contributed by atoms with van der Waals surface area (Å²) in [7, 11) is 0. The quantitative estimate of drug-likeness (QED) is 0.234. The Labute approximate surface area is 235 Å². The average Bonchev–Trinajstić information content (AvgIpc) is 3.48. The Morgan fingerprint density at radius 2 is 1.73 bits per heavy atom. The second kappa shape index (κ2) is 11.8. The molecule has 2 saturated heterocycles. The number of halogens is 1. The fourth-order valence-corrected chi connectivity index (χ4v) is 5.55. The minimum absolute atomic E-state index is 0.0108. The summed E-state index contributed by atoms with van der Waals surface area (Å²) in [6.45, 7) is 4.26. The fourth-order valence-electron chi connectivity index (χ4n) is 5.39. The number of imidazole rings is 1. The number of aromatic nitrogens is 4. The number of ether oxygens (including phenoxy) is 4. The summed E-state index contributed by atoms with van der Waals surface area (Å²) in [6, 6.07) is 10.3. The number of carbonyl (C=O) groups is 3. The van der Waals surface area contributed by atoms with E-state index in [-0.39, 0.29) is 17.9 Å². The van der Waals surface area contributed by atoms with E-state index in [1.54, 1.807) is 4.57 Å². The van der Waals surface area contributed by atoms with Gasteiger partial charge in [-0.15, -0.1) is 0 Å². The van der Waals surface area contributed by atoms with Crippen molar-refractivity contribution in [2.75, 3.05) is 18.1 Å². The first-order chi connectivity index (χ1) is 19.2. The van der Waals surface area contributed by atoms with Crippen molar-refractivity contribution in [2.24, 2.45) is 0 Å². The topological polar surface area (TPSA) is 135 Å². The van der Waals surface area contributed by atoms with Gasteiger partial charge in [0.1, 0.15) is 12.7 Å². The van der Waals surface area contributed by atoms with Crippen molar-refractivity contribution in [3.8, 4) is 0 Å². The molecule has 0 bridgehead atoms. The van der Waals surface area contributed by atoms with Crippen LogP contribution in [0.4, 0.5) is 5.82 Å². The van der Waals surface area contributed by atoms with Crippen molar-refractivity contribution >= 4 is 46.5 Å². The lowest BCUT2D eigenvalue weighted by Crippen LogP contribution is -2.40. The molecule has 5 atom stereocenters. The number of nitrogens with zero attached hydrogens (tertiary/aromatic N) is 5. The summed E-state index contributed by atoms with van der Waals surface area (Å²) < 4.78 is 24.0. The van der Waals surface area contributed by atoms with Crippen molar-refractivity contribution in [3.63, 3.8) is 0 Å². The Morgan fingerprint density at radius 3 is 2.42 bits per heavy atom. The van der Waals surface area contributed by atoms with Crippen LogP contribution in [0, 0.1) is 0 Å². The number of esters is 3. The van der Waals surface area contributed by atoms with E-state index in [9.17, 15) is 14.4 Å². The van der Waals surface area contributed by atoms with Crippen LogP contribution < -0.4 is 4.90 Å². The summed E-state index contributed by atoms with van der Waals surface area (Å²) in [5.41, 5.74) is 2.00. The predicted molar refractivity (Wildman–Crippen MR) is 142 cm³/mol. The van der Waals surface area contributed by atoms with Crippen LogP contribution in [0.2, 0.25) is 5.28 Å². The number of hydrogen-bond acceptors (Lipinski definition) is 11. The van der Waals surface area contributed by atoms with Crippen molar-refractivity contribution < 1.29 is 33.3 Å². The lowest BCUT2D eigenvalue weighted by atomic mass is 9.95. The molecule has 3 aromatic rings. The van der Waals surface area contributed by atoms with Gasteiger partial charge in [-0.25, -0.2) is 4.98 Å². The van der Waals surface area contributed by atoms with E-state index in [1.807, 2.05) is 18.2 Å². The number of rotatable bonds is 7. The van der Waals surface area contributed by atoms with Crippen molar-refractivity contribution in [2.45, 2.75) is 70.6 Å². The van der Waals surface area contributed by atoms with Gasteiger partial charge < -0.3 is 23.8 Å². The van der Waals surface area contributed by atoms with Gasteiger partial charge in [0.15, 0.2) is 35.4 Å². The van der Waals surface area contributed by atoms with Crippen LogP contribution in [-0.4, -0.2) is 68.9 Å². The molecule has 13 heteroatoms. The van der Waals surface area contributed by atoms with Gasteiger partial charge in [0, 0.05) is 27.3 Å². The van der Waals surface area contributed by atoms with Crippen molar-refractivity contribution in [1.29, 1.82) is 0 Å². The molecule has 2 aliphatic rings. The number of piperidine rings is 1. The van der Waals surface area contributed by atoms with Crippen molar-refractivity contribution in [3.05, 3.63) is 47.5 Å². The molecule has 2 fully saturated rings. The normalized spacial score (nSPS) is 24.6. The maximum Gasteiger partial charge on any atom is 0.303 e. The van der Waals surface area contributed by atoms with Gasteiger partial charge in [0.2, 0.25) is 5.28 Å². The lowest BCUT2D eigenvalue weighted by Gasteiger charge is -2.37. The third kappa shape index (κ3) is 5.73. The zero-order valence-electron chi connectivity index (χ0n) is 22.4. The molecule has 0 aliphatic carbocycles. The van der Waals surface area contributed by atoms with E-state index in [0.717, 1.165) is 31.4 Å². The Balaban J connectivity index is 1.56. The molecule has 40 heavy (non-hydrogen) atoms. The largest absolute Gasteiger partial charge is 0.463 e. The molecule has 4 heterocycles. The second-order valence-corrected chi connectivity index (χ2v) is 10.1. The van der Waals surface area contributed by atoms with Gasteiger partial charge in [-0.2, -0.15) is 9.97 Å². The molecule has 0 radical (unpaired) electrons. The fraction of sp³-hybridized carbons (Fsp3) is 0.481. The summed E-state index contributed by atoms with van der Waals surface area (Å²) in [4.78, 5) is 51.4. The highest BCUT2D eigenvalue weighted by Crippen LogP contribution is 2.40. The van der Waals surface area contributed by atoms with Crippen LogP contribution in [0.25, 0.3) is 11.2 Å². The lowest BCUT2D eigenvalue weighted by molar-refractivity contribution is -0.166. The molecule has 0 spiro atoms. The second-order valence-electron chi connectivity index (χ2n) is 9.77. The number of anilines is 1. The highest BCUT2D eigenvalue weighted by molar-refractivity contribution is 6.28. The molecule has 0 amide bonds. The van der Waals surface area contributed by atoms with E-state index >= 15 is 0 Å². The van der Waals surface area contributed by atoms with Gasteiger partial charge in [0.05, 0.1) is 12.4 Å². The van der Waals surface area contributed by atoms with Crippen molar-refractivity contribution in [1.82, 2.24) is 19.5 Å². The SMILES string of the molecule is CC(=O)OC[C@H]1O[C@@H](n2cnc3c(N4CCCCC4c4ccccc4)nc(Cl)nc32)[C@H](OC(C)=O)[C@@H]1OC(C)=O. The van der Waals surface area contributed by atoms with Gasteiger partial charge in [0.25, 0.3) is 0 Å². The molecule has 212 valence electrons. The molecule has 1 unspecified atom stereocenters. The Morgan fingerprint density at radius 1 is 1.00 bits per heavy atom. The first kappa shape index (κ1) is 27.8. The molecule has 2 aliphatic heterocycles. The summed E-state index contributed by atoms with van der Waals surface area (Å²) in [5.74, 6) is -1.18. The Bertz CT molecular complexity index is 1400. The van der Waals surface area contributed by atoms with E-state index < -0.39 is 42.4 Å². The van der Waals surface area contributed by atoms with Crippen LogP contribution in [-0.2, 0) is 33.3 Å². The molecule has 0 saturated carbocycles. The van der Waals surface area contributed by atoms with Crippen LogP contribution in [0.1, 0.15) is 57.9 Å². The average molecular weight is 572 g/mol. The van der Waals surface area contributed by atoms with E-state index in [2.05, 4.69) is 32.0 Å². The monoisotopic (exact) mass is 571 g/mol. The van der Waals surface area contributed by atoms with Crippen LogP contribution in [0.15, 0.2) is 36.7 Å². The van der Waals surface area contributed by atoms with Gasteiger partial charge >= 0.3 is 17.9 Å². The molecular weight excluding hydrogens is 542 g/mol.